The van der Waals surface area contributed by atoms with Crippen molar-refractivity contribution in [3.8, 4) is 5.75 Å². The summed E-state index contributed by atoms with van der Waals surface area (Å²) in [6, 6.07) is 13.5. The van der Waals surface area contributed by atoms with Crippen molar-refractivity contribution in [1.82, 2.24) is 4.57 Å². The maximum absolute atomic E-state index is 11.5. The molecule has 0 spiro atoms. The molecule has 0 radical (unpaired) electrons. The van der Waals surface area contributed by atoms with E-state index >= 15 is 0 Å². The van der Waals surface area contributed by atoms with Gasteiger partial charge in [0, 0.05) is 24.4 Å². The number of nitrogens with zero attached hydrogens (tertiary/aromatic N) is 1. The molecule has 138 valence electrons. The Morgan fingerprint density at radius 1 is 1.15 bits per heavy atom. The largest absolute Gasteiger partial charge is 0.507 e. The van der Waals surface area contributed by atoms with E-state index in [-0.39, 0.29) is 0 Å². The van der Waals surface area contributed by atoms with Gasteiger partial charge in [-0.1, -0.05) is 35.9 Å². The monoisotopic (exact) mass is 365 g/mol. The van der Waals surface area contributed by atoms with Gasteiger partial charge in [0.2, 0.25) is 0 Å². The minimum absolute atomic E-state index is 0.338. The SMILES string of the molecule is COc1cccc2c1c(/C(O)=C/C(=O)C(=O)O)cn2Cc1cccc(C)c1. The van der Waals surface area contributed by atoms with Crippen molar-refractivity contribution >= 4 is 28.4 Å². The summed E-state index contributed by atoms with van der Waals surface area (Å²) in [6.45, 7) is 2.56. The molecule has 0 aliphatic carbocycles. The van der Waals surface area contributed by atoms with Crippen LogP contribution in [0.1, 0.15) is 16.7 Å². The summed E-state index contributed by atoms with van der Waals surface area (Å²) < 4.78 is 7.33. The molecule has 2 N–H and O–H groups in total. The number of carbonyl (C=O) groups excluding carboxylic acids is 1. The number of fused-ring (bicyclic) bond motifs is 1. The van der Waals surface area contributed by atoms with E-state index in [0.717, 1.165) is 16.6 Å². The molecule has 6 heteroatoms. The predicted octanol–water partition coefficient (Wildman–Crippen LogP) is 3.56. The van der Waals surface area contributed by atoms with E-state index in [4.69, 9.17) is 9.84 Å². The summed E-state index contributed by atoms with van der Waals surface area (Å²) in [6.07, 6.45) is 2.40. The Morgan fingerprint density at radius 3 is 2.56 bits per heavy atom. The standard InChI is InChI=1S/C21H19NO5/c1-13-5-3-6-14(9-13)11-22-12-15(17(23)10-18(24)21(25)26)20-16(22)7-4-8-19(20)27-2/h3-10,12,23H,11H2,1-2H3,(H,25,26)/b17-10-. The van der Waals surface area contributed by atoms with E-state index in [1.54, 1.807) is 12.3 Å². The Bertz CT molecular complexity index is 1060. The second-order valence-corrected chi connectivity index (χ2v) is 6.21. The number of rotatable bonds is 6. The summed E-state index contributed by atoms with van der Waals surface area (Å²) in [5.41, 5.74) is 3.35. The van der Waals surface area contributed by atoms with Crippen molar-refractivity contribution in [3.05, 3.63) is 71.4 Å². The van der Waals surface area contributed by atoms with Crippen LogP contribution < -0.4 is 4.74 Å². The lowest BCUT2D eigenvalue weighted by molar-refractivity contribution is -0.146. The number of carboxylic acids is 1. The van der Waals surface area contributed by atoms with E-state index in [1.807, 2.05) is 41.8 Å². The van der Waals surface area contributed by atoms with E-state index in [2.05, 4.69) is 6.07 Å². The first-order valence-electron chi connectivity index (χ1n) is 8.30. The number of hydrogen-bond donors (Lipinski definition) is 2. The topological polar surface area (TPSA) is 88.8 Å². The Morgan fingerprint density at radius 2 is 1.89 bits per heavy atom. The van der Waals surface area contributed by atoms with E-state index in [0.29, 0.717) is 29.3 Å². The first-order chi connectivity index (χ1) is 12.9. The van der Waals surface area contributed by atoms with Crippen molar-refractivity contribution in [2.24, 2.45) is 0 Å². The minimum atomic E-state index is -1.63. The fourth-order valence-corrected chi connectivity index (χ4v) is 3.09. The molecule has 0 aliphatic rings. The van der Waals surface area contributed by atoms with Crippen LogP contribution in [0.25, 0.3) is 16.7 Å². The van der Waals surface area contributed by atoms with Crippen LogP contribution in [0.4, 0.5) is 0 Å². The van der Waals surface area contributed by atoms with Gasteiger partial charge in [-0.2, -0.15) is 0 Å². The Balaban J connectivity index is 2.16. The number of aryl methyl sites for hydroxylation is 1. The van der Waals surface area contributed by atoms with E-state index in [9.17, 15) is 14.7 Å². The normalized spacial score (nSPS) is 11.6. The van der Waals surface area contributed by atoms with Gasteiger partial charge in [0.25, 0.3) is 5.78 Å². The number of hydrogen-bond acceptors (Lipinski definition) is 4. The Hall–Kier alpha value is -3.54. The van der Waals surface area contributed by atoms with Gasteiger partial charge in [0.05, 0.1) is 18.0 Å². The highest BCUT2D eigenvalue weighted by atomic mass is 16.5. The number of aliphatic hydroxyl groups is 1. The van der Waals surface area contributed by atoms with Crippen molar-refractivity contribution in [2.45, 2.75) is 13.5 Å². The predicted molar refractivity (Wildman–Crippen MR) is 102 cm³/mol. The lowest BCUT2D eigenvalue weighted by Gasteiger charge is -2.07. The highest BCUT2D eigenvalue weighted by molar-refractivity contribution is 6.38. The molecule has 0 amide bonds. The number of aliphatic hydroxyl groups excluding tert-OH is 1. The second kappa shape index (κ2) is 7.37. The van der Waals surface area contributed by atoms with Gasteiger partial charge in [-0.25, -0.2) is 4.79 Å². The third-order valence-corrected chi connectivity index (χ3v) is 4.28. The summed E-state index contributed by atoms with van der Waals surface area (Å²) >= 11 is 0. The molecule has 3 rings (SSSR count). The van der Waals surface area contributed by atoms with Crippen LogP contribution in [0.15, 0.2) is 54.7 Å². The smallest absolute Gasteiger partial charge is 0.376 e. The third-order valence-electron chi connectivity index (χ3n) is 4.28. The molecule has 0 saturated carbocycles. The summed E-state index contributed by atoms with van der Waals surface area (Å²) in [7, 11) is 1.51. The fraction of sp³-hybridized carbons (Fsp3) is 0.143. The number of aliphatic carboxylic acids is 1. The van der Waals surface area contributed by atoms with Gasteiger partial charge in [-0.15, -0.1) is 0 Å². The summed E-state index contributed by atoms with van der Waals surface area (Å²) in [5.74, 6) is -2.72. The number of carbonyl (C=O) groups is 2. The van der Waals surface area contributed by atoms with Crippen molar-refractivity contribution in [3.63, 3.8) is 0 Å². The van der Waals surface area contributed by atoms with E-state index < -0.39 is 17.5 Å². The van der Waals surface area contributed by atoms with Crippen LogP contribution in [0, 0.1) is 6.92 Å². The highest BCUT2D eigenvalue weighted by Crippen LogP contribution is 2.34. The highest BCUT2D eigenvalue weighted by Gasteiger charge is 2.18. The molecule has 0 atom stereocenters. The van der Waals surface area contributed by atoms with Gasteiger partial charge in [0.1, 0.15) is 11.5 Å². The van der Waals surface area contributed by atoms with Crippen molar-refractivity contribution in [1.29, 1.82) is 0 Å². The molecule has 6 nitrogen and oxygen atoms in total. The zero-order valence-corrected chi connectivity index (χ0v) is 15.0. The third kappa shape index (κ3) is 3.69. The maximum atomic E-state index is 11.5. The van der Waals surface area contributed by atoms with Crippen LogP contribution in [-0.2, 0) is 16.1 Å². The molecule has 0 saturated heterocycles. The fourth-order valence-electron chi connectivity index (χ4n) is 3.09. The zero-order valence-electron chi connectivity index (χ0n) is 15.0. The van der Waals surface area contributed by atoms with Crippen molar-refractivity contribution < 1.29 is 24.5 Å². The Kier molecular flexibility index (Phi) is 4.98. The van der Waals surface area contributed by atoms with Gasteiger partial charge in [-0.3, -0.25) is 4.79 Å². The van der Waals surface area contributed by atoms with Gasteiger partial charge >= 0.3 is 5.97 Å². The molecule has 1 heterocycles. The molecule has 0 fully saturated rings. The average Bonchev–Trinajstić information content (AvgIpc) is 3.00. The molecule has 0 bridgehead atoms. The first-order valence-corrected chi connectivity index (χ1v) is 8.30. The molecule has 3 aromatic rings. The lowest BCUT2D eigenvalue weighted by Crippen LogP contribution is -2.09. The molecular formula is C21H19NO5. The first kappa shape index (κ1) is 18.3. The van der Waals surface area contributed by atoms with Crippen LogP contribution >= 0.6 is 0 Å². The number of benzene rings is 2. The van der Waals surface area contributed by atoms with E-state index in [1.165, 1.54) is 7.11 Å². The molecule has 1 aromatic heterocycles. The molecule has 0 aliphatic heterocycles. The zero-order chi connectivity index (χ0) is 19.6. The molecular weight excluding hydrogens is 346 g/mol. The molecule has 2 aromatic carbocycles. The quantitative estimate of drug-likeness (QED) is 0.396. The Labute approximate surface area is 155 Å². The van der Waals surface area contributed by atoms with Crippen LogP contribution in [0.3, 0.4) is 0 Å². The second-order valence-electron chi connectivity index (χ2n) is 6.21. The molecule has 0 unspecified atom stereocenters. The van der Waals surface area contributed by atoms with Gasteiger partial charge in [-0.05, 0) is 24.6 Å². The number of ketones is 1. The van der Waals surface area contributed by atoms with Crippen LogP contribution in [0.2, 0.25) is 0 Å². The minimum Gasteiger partial charge on any atom is -0.507 e. The van der Waals surface area contributed by atoms with Gasteiger partial charge < -0.3 is 19.5 Å². The summed E-state index contributed by atoms with van der Waals surface area (Å²) in [5, 5.41) is 19.8. The average molecular weight is 365 g/mol. The van der Waals surface area contributed by atoms with Crippen LogP contribution in [0.5, 0.6) is 5.75 Å². The number of carboxylic acid groups (broad SMARTS) is 1. The lowest BCUT2D eigenvalue weighted by atomic mass is 10.1. The van der Waals surface area contributed by atoms with Crippen LogP contribution in [-0.4, -0.2) is 33.6 Å². The number of methoxy groups -OCH3 is 1. The van der Waals surface area contributed by atoms with Crippen molar-refractivity contribution in [2.75, 3.05) is 7.11 Å². The maximum Gasteiger partial charge on any atom is 0.376 e. The number of aromatic nitrogens is 1. The summed E-state index contributed by atoms with van der Waals surface area (Å²) in [4.78, 5) is 22.3. The molecule has 27 heavy (non-hydrogen) atoms. The number of ether oxygens (including phenoxy) is 1. The van der Waals surface area contributed by atoms with Gasteiger partial charge in [0.15, 0.2) is 0 Å².